The van der Waals surface area contributed by atoms with Gasteiger partial charge in [0.1, 0.15) is 0 Å². The van der Waals surface area contributed by atoms with Crippen LogP contribution in [-0.2, 0) is 0 Å². The Labute approximate surface area is 158 Å². The van der Waals surface area contributed by atoms with E-state index in [1.807, 2.05) is 18.2 Å². The van der Waals surface area contributed by atoms with Gasteiger partial charge in [-0.25, -0.2) is 0 Å². The Morgan fingerprint density at radius 1 is 1.35 bits per heavy atom. The Bertz CT molecular complexity index is 903. The molecule has 0 fully saturated rings. The van der Waals surface area contributed by atoms with E-state index >= 15 is 0 Å². The lowest BCUT2D eigenvalue weighted by atomic mass is 10.0. The van der Waals surface area contributed by atoms with E-state index in [4.69, 9.17) is 17.3 Å². The molecule has 1 amide bonds. The van der Waals surface area contributed by atoms with Crippen LogP contribution in [0.3, 0.4) is 0 Å². The van der Waals surface area contributed by atoms with E-state index in [-0.39, 0.29) is 22.3 Å². The maximum atomic E-state index is 12.5. The number of amidine groups is 1. The van der Waals surface area contributed by atoms with Crippen LogP contribution in [0.4, 0.5) is 11.4 Å². The van der Waals surface area contributed by atoms with Crippen LogP contribution >= 0.6 is 23.4 Å². The summed E-state index contributed by atoms with van der Waals surface area (Å²) < 4.78 is 0. The van der Waals surface area contributed by atoms with Crippen molar-refractivity contribution in [1.29, 1.82) is 0 Å². The largest absolute Gasteiger partial charge is 0.379 e. The number of halogens is 1. The quantitative estimate of drug-likeness (QED) is 0.605. The first-order chi connectivity index (χ1) is 12.4. The summed E-state index contributed by atoms with van der Waals surface area (Å²) in [5.41, 5.74) is 7.13. The number of nitro benzene ring substituents is 1. The van der Waals surface area contributed by atoms with Gasteiger partial charge in [-0.15, -0.1) is 0 Å². The number of amides is 1. The number of nitrogens with two attached hydrogens (primary N) is 1. The van der Waals surface area contributed by atoms with Crippen LogP contribution in [0.2, 0.25) is 5.02 Å². The van der Waals surface area contributed by atoms with Crippen LogP contribution in [0.5, 0.6) is 0 Å². The van der Waals surface area contributed by atoms with Gasteiger partial charge in [-0.3, -0.25) is 19.9 Å². The number of hydrogen-bond acceptors (Lipinski definition) is 6. The highest BCUT2D eigenvalue weighted by atomic mass is 35.5. The highest BCUT2D eigenvalue weighted by Gasteiger charge is 2.18. The topological polar surface area (TPSA) is 111 Å². The SMILES string of the molecule is NC1=NC(c2cccc(NC(=O)c3cc([N+](=O)[O-])ccc3Cl)c2)CCS1. The molecule has 2 aromatic rings. The number of non-ortho nitro benzene ring substituents is 1. The van der Waals surface area contributed by atoms with Crippen molar-refractivity contribution in [3.63, 3.8) is 0 Å². The lowest BCUT2D eigenvalue weighted by molar-refractivity contribution is -0.384. The predicted octanol–water partition coefficient (Wildman–Crippen LogP) is 3.99. The fourth-order valence-corrected chi connectivity index (χ4v) is 3.55. The Balaban J connectivity index is 1.82. The van der Waals surface area contributed by atoms with Crippen molar-refractivity contribution in [2.75, 3.05) is 11.1 Å². The molecule has 26 heavy (non-hydrogen) atoms. The molecule has 0 aliphatic carbocycles. The summed E-state index contributed by atoms with van der Waals surface area (Å²) in [5, 5.41) is 14.3. The summed E-state index contributed by atoms with van der Waals surface area (Å²) in [4.78, 5) is 27.2. The van der Waals surface area contributed by atoms with Gasteiger partial charge >= 0.3 is 0 Å². The molecule has 0 aromatic heterocycles. The fourth-order valence-electron chi connectivity index (χ4n) is 2.59. The van der Waals surface area contributed by atoms with Crippen molar-refractivity contribution in [2.24, 2.45) is 10.7 Å². The molecule has 134 valence electrons. The number of carbonyl (C=O) groups is 1. The number of nitrogens with one attached hydrogen (secondary N) is 1. The molecule has 0 bridgehead atoms. The number of rotatable bonds is 4. The second-order valence-corrected chi connectivity index (χ2v) is 7.14. The molecule has 9 heteroatoms. The first kappa shape index (κ1) is 18.2. The Morgan fingerprint density at radius 3 is 2.88 bits per heavy atom. The third-order valence-electron chi connectivity index (χ3n) is 3.86. The molecule has 0 radical (unpaired) electrons. The fraction of sp³-hybridized carbons (Fsp3) is 0.176. The minimum Gasteiger partial charge on any atom is -0.379 e. The number of aliphatic imine (C=N–C) groups is 1. The first-order valence-corrected chi connectivity index (χ1v) is 9.12. The minimum atomic E-state index is -0.572. The van der Waals surface area contributed by atoms with Gasteiger partial charge in [-0.05, 0) is 30.2 Å². The van der Waals surface area contributed by atoms with E-state index in [9.17, 15) is 14.9 Å². The molecule has 2 aromatic carbocycles. The van der Waals surface area contributed by atoms with Gasteiger partial charge in [0.2, 0.25) is 0 Å². The molecule has 1 unspecified atom stereocenters. The predicted molar refractivity (Wildman–Crippen MR) is 104 cm³/mol. The summed E-state index contributed by atoms with van der Waals surface area (Å²) in [6.45, 7) is 0. The zero-order valence-corrected chi connectivity index (χ0v) is 15.1. The average molecular weight is 391 g/mol. The molecule has 0 saturated heterocycles. The molecule has 1 aliphatic rings. The number of thioether (sulfide) groups is 1. The summed E-state index contributed by atoms with van der Waals surface area (Å²) in [6.07, 6.45) is 0.861. The van der Waals surface area contributed by atoms with Gasteiger partial charge in [0.15, 0.2) is 5.17 Å². The zero-order chi connectivity index (χ0) is 18.7. The molecule has 0 saturated carbocycles. The molecular formula is C17H15ClN4O3S. The van der Waals surface area contributed by atoms with E-state index in [1.54, 1.807) is 6.07 Å². The van der Waals surface area contributed by atoms with Crippen LogP contribution in [0.1, 0.15) is 28.4 Å². The van der Waals surface area contributed by atoms with Gasteiger partial charge in [0, 0.05) is 23.6 Å². The lowest BCUT2D eigenvalue weighted by Gasteiger charge is -2.19. The van der Waals surface area contributed by atoms with Gasteiger partial charge in [0.05, 0.1) is 21.6 Å². The van der Waals surface area contributed by atoms with Crippen LogP contribution in [0.25, 0.3) is 0 Å². The second kappa shape index (κ2) is 7.76. The molecule has 1 heterocycles. The van der Waals surface area contributed by atoms with Crippen molar-refractivity contribution in [2.45, 2.75) is 12.5 Å². The molecule has 7 nitrogen and oxygen atoms in total. The van der Waals surface area contributed by atoms with Crippen molar-refractivity contribution in [1.82, 2.24) is 0 Å². The molecule has 1 atom stereocenters. The number of carbonyl (C=O) groups excluding carboxylic acids is 1. The molecule has 1 aliphatic heterocycles. The normalized spacial score (nSPS) is 16.7. The number of benzene rings is 2. The van der Waals surface area contributed by atoms with Gasteiger partial charge in [-0.1, -0.05) is 35.5 Å². The van der Waals surface area contributed by atoms with E-state index in [0.717, 1.165) is 23.8 Å². The Hall–Kier alpha value is -2.58. The monoisotopic (exact) mass is 390 g/mol. The molecule has 3 rings (SSSR count). The average Bonchev–Trinajstić information content (AvgIpc) is 2.62. The van der Waals surface area contributed by atoms with Crippen LogP contribution in [0.15, 0.2) is 47.5 Å². The summed E-state index contributed by atoms with van der Waals surface area (Å²) in [5.74, 6) is 0.373. The van der Waals surface area contributed by atoms with Crippen molar-refractivity contribution >= 4 is 45.8 Å². The number of nitrogens with zero attached hydrogens (tertiary/aromatic N) is 2. The highest BCUT2D eigenvalue weighted by Crippen LogP contribution is 2.30. The summed E-state index contributed by atoms with van der Waals surface area (Å²) in [6, 6.07) is 11.0. The highest BCUT2D eigenvalue weighted by molar-refractivity contribution is 8.13. The zero-order valence-electron chi connectivity index (χ0n) is 13.5. The Morgan fingerprint density at radius 2 is 2.15 bits per heavy atom. The van der Waals surface area contributed by atoms with Crippen molar-refractivity contribution in [3.05, 3.63) is 68.7 Å². The first-order valence-electron chi connectivity index (χ1n) is 7.75. The van der Waals surface area contributed by atoms with Crippen LogP contribution in [0, 0.1) is 10.1 Å². The van der Waals surface area contributed by atoms with E-state index in [0.29, 0.717) is 10.9 Å². The lowest BCUT2D eigenvalue weighted by Crippen LogP contribution is -2.16. The molecular weight excluding hydrogens is 376 g/mol. The van der Waals surface area contributed by atoms with E-state index in [1.165, 1.54) is 23.9 Å². The Kier molecular flexibility index (Phi) is 5.43. The second-order valence-electron chi connectivity index (χ2n) is 5.62. The van der Waals surface area contributed by atoms with Crippen LogP contribution in [-0.4, -0.2) is 21.8 Å². The number of nitro groups is 1. The van der Waals surface area contributed by atoms with E-state index < -0.39 is 10.8 Å². The smallest absolute Gasteiger partial charge is 0.270 e. The van der Waals surface area contributed by atoms with Crippen LogP contribution < -0.4 is 11.1 Å². The van der Waals surface area contributed by atoms with Gasteiger partial charge in [0.25, 0.3) is 11.6 Å². The number of hydrogen-bond donors (Lipinski definition) is 2. The number of anilines is 1. The maximum absolute atomic E-state index is 12.5. The van der Waals surface area contributed by atoms with Crippen molar-refractivity contribution < 1.29 is 9.72 Å². The summed E-state index contributed by atoms with van der Waals surface area (Å²) >= 11 is 7.54. The van der Waals surface area contributed by atoms with E-state index in [2.05, 4.69) is 10.3 Å². The molecule has 3 N–H and O–H groups in total. The third-order valence-corrected chi connectivity index (χ3v) is 5.03. The third kappa shape index (κ3) is 4.14. The van der Waals surface area contributed by atoms with Crippen molar-refractivity contribution in [3.8, 4) is 0 Å². The standard InChI is InChI=1S/C17H15ClN4O3S/c18-14-5-4-12(22(24)25)9-13(14)16(23)20-11-3-1-2-10(8-11)15-6-7-26-17(19)21-15/h1-5,8-9,15H,6-7H2,(H2,19,21)(H,20,23). The van der Waals surface area contributed by atoms with Gasteiger partial charge < -0.3 is 11.1 Å². The minimum absolute atomic E-state index is 0.0441. The summed E-state index contributed by atoms with van der Waals surface area (Å²) in [7, 11) is 0. The maximum Gasteiger partial charge on any atom is 0.270 e. The van der Waals surface area contributed by atoms with Gasteiger partial charge in [-0.2, -0.15) is 0 Å². The molecule has 0 spiro atoms.